The van der Waals surface area contributed by atoms with Crippen molar-refractivity contribution in [3.05, 3.63) is 24.3 Å². The van der Waals surface area contributed by atoms with Crippen LogP contribution in [0.3, 0.4) is 0 Å². The van der Waals surface area contributed by atoms with Crippen LogP contribution in [0.5, 0.6) is 0 Å². The third-order valence-corrected chi connectivity index (χ3v) is 6.66. The zero-order valence-electron chi connectivity index (χ0n) is 17.2. The van der Waals surface area contributed by atoms with E-state index in [9.17, 15) is 29.7 Å². The van der Waals surface area contributed by atoms with Crippen molar-refractivity contribution in [2.75, 3.05) is 13.7 Å². The second kappa shape index (κ2) is 9.38. The van der Waals surface area contributed by atoms with E-state index in [-0.39, 0.29) is 12.0 Å². The molecule has 2 aliphatic rings. The maximum absolute atomic E-state index is 12.5. The number of aliphatic hydroxyl groups is 4. The van der Waals surface area contributed by atoms with Gasteiger partial charge in [-0.1, -0.05) is 20.1 Å². The van der Waals surface area contributed by atoms with Crippen LogP contribution in [0.1, 0.15) is 26.2 Å². The standard InChI is InChI=1S/C21H30O9/c1-10(13(24)9-23)20(28)30-14-7-21(3)15(25)6-5-12(8-22)17(21)18(26)16(14)11(2)19(27)29-4/h8,12-18,23-26H,1-2,5-7,9H2,3-4H3/t12-,13-,14-,15-,16+,17-,18-,21-/m1/s1. The molecule has 2 aliphatic carbocycles. The molecular formula is C21H30O9. The molecule has 9 heteroatoms. The van der Waals surface area contributed by atoms with E-state index in [0.29, 0.717) is 12.8 Å². The van der Waals surface area contributed by atoms with Gasteiger partial charge in [0.15, 0.2) is 0 Å². The molecule has 0 heterocycles. The lowest BCUT2D eigenvalue weighted by Gasteiger charge is -2.56. The number of hydrogen-bond acceptors (Lipinski definition) is 9. The summed E-state index contributed by atoms with van der Waals surface area (Å²) in [5.41, 5.74) is -1.50. The van der Waals surface area contributed by atoms with Gasteiger partial charge in [0.25, 0.3) is 0 Å². The topological polar surface area (TPSA) is 151 Å². The van der Waals surface area contributed by atoms with Crippen LogP contribution in [-0.4, -0.2) is 76.8 Å². The quantitative estimate of drug-likeness (QED) is 0.240. The minimum absolute atomic E-state index is 0.0369. The summed E-state index contributed by atoms with van der Waals surface area (Å²) in [4.78, 5) is 36.3. The monoisotopic (exact) mass is 426 g/mol. The van der Waals surface area contributed by atoms with E-state index >= 15 is 0 Å². The van der Waals surface area contributed by atoms with Crippen LogP contribution in [0.25, 0.3) is 0 Å². The summed E-state index contributed by atoms with van der Waals surface area (Å²) in [6.07, 6.45) is -3.34. The van der Waals surface area contributed by atoms with Crippen LogP contribution in [0, 0.1) is 23.2 Å². The maximum Gasteiger partial charge on any atom is 0.336 e. The van der Waals surface area contributed by atoms with Crippen molar-refractivity contribution in [3.63, 3.8) is 0 Å². The number of aliphatic hydroxyl groups excluding tert-OH is 4. The van der Waals surface area contributed by atoms with E-state index in [1.807, 2.05) is 0 Å². The van der Waals surface area contributed by atoms with E-state index in [1.54, 1.807) is 6.92 Å². The van der Waals surface area contributed by atoms with E-state index in [2.05, 4.69) is 13.2 Å². The van der Waals surface area contributed by atoms with Crippen molar-refractivity contribution in [1.82, 2.24) is 0 Å². The smallest absolute Gasteiger partial charge is 0.336 e. The van der Waals surface area contributed by atoms with Crippen molar-refractivity contribution in [3.8, 4) is 0 Å². The van der Waals surface area contributed by atoms with Gasteiger partial charge in [0.05, 0.1) is 37.4 Å². The number of hydrogen-bond donors (Lipinski definition) is 4. The normalized spacial score (nSPS) is 36.7. The first-order chi connectivity index (χ1) is 14.0. The molecule has 4 N–H and O–H groups in total. The molecule has 8 atom stereocenters. The summed E-state index contributed by atoms with van der Waals surface area (Å²) >= 11 is 0. The highest BCUT2D eigenvalue weighted by molar-refractivity contribution is 5.90. The van der Waals surface area contributed by atoms with Gasteiger partial charge >= 0.3 is 11.9 Å². The number of fused-ring (bicyclic) bond motifs is 1. The van der Waals surface area contributed by atoms with Crippen molar-refractivity contribution in [2.45, 2.75) is 50.6 Å². The van der Waals surface area contributed by atoms with Gasteiger partial charge in [-0.2, -0.15) is 0 Å². The second-order valence-corrected chi connectivity index (χ2v) is 8.33. The van der Waals surface area contributed by atoms with Crippen molar-refractivity contribution < 1.29 is 44.3 Å². The second-order valence-electron chi connectivity index (χ2n) is 8.33. The summed E-state index contributed by atoms with van der Waals surface area (Å²) in [5, 5.41) is 40.6. The van der Waals surface area contributed by atoms with Gasteiger partial charge in [0.1, 0.15) is 18.5 Å². The van der Waals surface area contributed by atoms with Crippen LogP contribution in [-0.2, 0) is 23.9 Å². The molecule has 9 nitrogen and oxygen atoms in total. The van der Waals surface area contributed by atoms with Gasteiger partial charge in [-0.05, 0) is 19.3 Å². The third kappa shape index (κ3) is 4.20. The predicted molar refractivity (Wildman–Crippen MR) is 104 cm³/mol. The first-order valence-electron chi connectivity index (χ1n) is 9.80. The zero-order chi connectivity index (χ0) is 22.8. The van der Waals surface area contributed by atoms with Crippen molar-refractivity contribution >= 4 is 18.2 Å². The fourth-order valence-corrected chi connectivity index (χ4v) is 4.91. The molecule has 0 spiro atoms. The number of rotatable bonds is 7. The summed E-state index contributed by atoms with van der Waals surface area (Å²) in [6, 6.07) is 0. The summed E-state index contributed by atoms with van der Waals surface area (Å²) in [6.45, 7) is 8.08. The Kier molecular flexibility index (Phi) is 7.57. The van der Waals surface area contributed by atoms with Gasteiger partial charge < -0.3 is 34.7 Å². The number of aldehydes is 1. The molecule has 0 saturated heterocycles. The van der Waals surface area contributed by atoms with E-state index in [4.69, 9.17) is 14.6 Å². The van der Waals surface area contributed by atoms with Crippen molar-refractivity contribution in [2.24, 2.45) is 23.2 Å². The number of methoxy groups -OCH3 is 1. The summed E-state index contributed by atoms with van der Waals surface area (Å²) in [7, 11) is 1.14. The Morgan fingerprint density at radius 1 is 1.23 bits per heavy atom. The third-order valence-electron chi connectivity index (χ3n) is 6.66. The first-order valence-corrected chi connectivity index (χ1v) is 9.80. The molecule has 0 bridgehead atoms. The number of esters is 2. The molecule has 0 amide bonds. The number of carbonyl (C=O) groups is 3. The van der Waals surface area contributed by atoms with Gasteiger partial charge in [-0.25, -0.2) is 9.59 Å². The molecule has 0 aromatic carbocycles. The molecule has 2 fully saturated rings. The Bertz CT molecular complexity index is 717. The fourth-order valence-electron chi connectivity index (χ4n) is 4.91. The molecule has 0 aromatic rings. The highest BCUT2D eigenvalue weighted by Crippen LogP contribution is 2.55. The number of carbonyl (C=O) groups excluding carboxylic acids is 3. The molecule has 30 heavy (non-hydrogen) atoms. The Hall–Kier alpha value is -2.07. The van der Waals surface area contributed by atoms with Gasteiger partial charge in [0, 0.05) is 22.8 Å². The summed E-state index contributed by atoms with van der Waals surface area (Å²) in [5.74, 6) is -4.16. The van der Waals surface area contributed by atoms with Crippen LogP contribution in [0.4, 0.5) is 0 Å². The van der Waals surface area contributed by atoms with Crippen LogP contribution in [0.15, 0.2) is 24.3 Å². The molecule has 0 radical (unpaired) electrons. The largest absolute Gasteiger partial charge is 0.466 e. The lowest BCUT2D eigenvalue weighted by atomic mass is 9.51. The van der Waals surface area contributed by atoms with Gasteiger partial charge in [0.2, 0.25) is 0 Å². The SMILES string of the molecule is C=C(C(=O)OC)[C@@H]1[C@@H](O)[C@H]2[C@@H](C=O)CC[C@@H](O)[C@@]2(C)C[C@H]1OC(=O)C(=C)[C@H](O)CO. The Balaban J connectivity index is 2.45. The average Bonchev–Trinajstić information content (AvgIpc) is 2.72. The molecular weight excluding hydrogens is 396 g/mol. The Morgan fingerprint density at radius 2 is 1.87 bits per heavy atom. The molecule has 0 aliphatic heterocycles. The Morgan fingerprint density at radius 3 is 2.40 bits per heavy atom. The Labute approximate surface area is 175 Å². The lowest BCUT2D eigenvalue weighted by Crippen LogP contribution is -2.62. The minimum atomic E-state index is -1.53. The van der Waals surface area contributed by atoms with E-state index in [0.717, 1.165) is 13.4 Å². The van der Waals surface area contributed by atoms with Crippen LogP contribution < -0.4 is 0 Å². The summed E-state index contributed by atoms with van der Waals surface area (Å²) < 4.78 is 10.2. The lowest BCUT2D eigenvalue weighted by molar-refractivity contribution is -0.198. The maximum atomic E-state index is 12.5. The molecule has 168 valence electrons. The first kappa shape index (κ1) is 24.2. The van der Waals surface area contributed by atoms with Gasteiger partial charge in [-0.15, -0.1) is 0 Å². The highest BCUT2D eigenvalue weighted by Gasteiger charge is 2.60. The van der Waals surface area contributed by atoms with Crippen LogP contribution in [0.2, 0.25) is 0 Å². The fraction of sp³-hybridized carbons (Fsp3) is 0.667. The van der Waals surface area contributed by atoms with Crippen LogP contribution >= 0.6 is 0 Å². The molecule has 0 aromatic heterocycles. The van der Waals surface area contributed by atoms with Gasteiger partial charge in [-0.3, -0.25) is 0 Å². The molecule has 0 unspecified atom stereocenters. The van der Waals surface area contributed by atoms with Crippen molar-refractivity contribution in [1.29, 1.82) is 0 Å². The minimum Gasteiger partial charge on any atom is -0.466 e. The molecule has 2 saturated carbocycles. The van der Waals surface area contributed by atoms with E-state index < -0.39 is 71.7 Å². The number of ether oxygens (including phenoxy) is 2. The molecule has 2 rings (SSSR count). The average molecular weight is 426 g/mol. The zero-order valence-corrected chi connectivity index (χ0v) is 17.2. The predicted octanol–water partition coefficient (Wildman–Crippen LogP) is -0.490. The highest BCUT2D eigenvalue weighted by atomic mass is 16.5. The van der Waals surface area contributed by atoms with E-state index in [1.165, 1.54) is 0 Å².